The first-order valence-corrected chi connectivity index (χ1v) is 12.3. The summed E-state index contributed by atoms with van der Waals surface area (Å²) in [4.78, 5) is 41.0. The molecule has 7 nitrogen and oxygen atoms in total. The van der Waals surface area contributed by atoms with Crippen LogP contribution in [-0.2, 0) is 14.3 Å². The fourth-order valence-corrected chi connectivity index (χ4v) is 3.83. The number of rotatable bonds is 10. The van der Waals surface area contributed by atoms with Crippen LogP contribution in [0.4, 0.5) is 4.79 Å². The SMILES string of the molecule is CCCC(C)NC(=O)C(c1ccc(C)c(C)c1)N(C)C(=O)C(CC(C)C)NC(=O)OC(C)(C)C. The molecule has 0 heterocycles. The van der Waals surface area contributed by atoms with Gasteiger partial charge in [0.15, 0.2) is 0 Å². The Bertz CT molecular complexity index is 845. The minimum absolute atomic E-state index is 0.0126. The summed E-state index contributed by atoms with van der Waals surface area (Å²) in [6.45, 7) is 17.3. The van der Waals surface area contributed by atoms with Gasteiger partial charge in [0, 0.05) is 13.1 Å². The molecule has 3 unspecified atom stereocenters. The number of amides is 3. The molecule has 192 valence electrons. The molecule has 3 amide bonds. The molecule has 0 saturated carbocycles. The summed E-state index contributed by atoms with van der Waals surface area (Å²) >= 11 is 0. The zero-order valence-electron chi connectivity index (χ0n) is 22.7. The molecule has 1 aromatic rings. The summed E-state index contributed by atoms with van der Waals surface area (Å²) in [5.41, 5.74) is 2.21. The number of benzene rings is 1. The van der Waals surface area contributed by atoms with Crippen LogP contribution in [0.5, 0.6) is 0 Å². The molecule has 7 heteroatoms. The van der Waals surface area contributed by atoms with Crippen molar-refractivity contribution >= 4 is 17.9 Å². The number of carbonyl (C=O) groups is 3. The number of carbonyl (C=O) groups excluding carboxylic acids is 3. The lowest BCUT2D eigenvalue weighted by atomic mass is 9.97. The first kappa shape index (κ1) is 29.5. The van der Waals surface area contributed by atoms with E-state index in [1.807, 2.05) is 52.8 Å². The molecule has 2 N–H and O–H groups in total. The lowest BCUT2D eigenvalue weighted by Gasteiger charge is -2.33. The Hall–Kier alpha value is -2.57. The second kappa shape index (κ2) is 12.8. The maximum Gasteiger partial charge on any atom is 0.408 e. The maximum atomic E-state index is 13.6. The molecule has 0 aliphatic rings. The molecular formula is C27H45N3O4. The number of nitrogens with one attached hydrogen (secondary N) is 2. The topological polar surface area (TPSA) is 87.7 Å². The number of nitrogens with zero attached hydrogens (tertiary/aromatic N) is 1. The normalized spacial score (nSPS) is 14.2. The Labute approximate surface area is 206 Å². The molecular weight excluding hydrogens is 430 g/mol. The Morgan fingerprint density at radius 3 is 2.15 bits per heavy atom. The van der Waals surface area contributed by atoms with Crippen molar-refractivity contribution in [3.63, 3.8) is 0 Å². The number of aryl methyl sites for hydroxylation is 2. The van der Waals surface area contributed by atoms with E-state index in [-0.39, 0.29) is 23.8 Å². The molecule has 0 aromatic heterocycles. The standard InChI is InChI=1S/C27H45N3O4/c1-11-12-20(6)28-24(31)23(21-14-13-18(4)19(5)16-21)30(10)25(32)22(15-17(2)3)29-26(33)34-27(7,8)9/h13-14,16-17,20,22-23H,11-12,15H2,1-10H3,(H,28,31)(H,29,33). The molecule has 1 aromatic carbocycles. The average Bonchev–Trinajstić information content (AvgIpc) is 2.68. The van der Waals surface area contributed by atoms with Gasteiger partial charge in [-0.15, -0.1) is 0 Å². The highest BCUT2D eigenvalue weighted by atomic mass is 16.6. The lowest BCUT2D eigenvalue weighted by molar-refractivity contribution is -0.141. The number of alkyl carbamates (subject to hydrolysis) is 1. The summed E-state index contributed by atoms with van der Waals surface area (Å²) < 4.78 is 5.38. The molecule has 0 radical (unpaired) electrons. The van der Waals surface area contributed by atoms with Crippen molar-refractivity contribution in [1.29, 1.82) is 0 Å². The molecule has 0 aliphatic heterocycles. The molecule has 0 spiro atoms. The third-order valence-electron chi connectivity index (χ3n) is 5.64. The van der Waals surface area contributed by atoms with E-state index in [1.165, 1.54) is 4.90 Å². The molecule has 0 fully saturated rings. The third-order valence-corrected chi connectivity index (χ3v) is 5.64. The molecule has 34 heavy (non-hydrogen) atoms. The van der Waals surface area contributed by atoms with Gasteiger partial charge in [-0.3, -0.25) is 9.59 Å². The predicted molar refractivity (Wildman–Crippen MR) is 137 cm³/mol. The van der Waals surface area contributed by atoms with E-state index in [1.54, 1.807) is 27.8 Å². The zero-order valence-corrected chi connectivity index (χ0v) is 22.7. The summed E-state index contributed by atoms with van der Waals surface area (Å²) in [7, 11) is 1.62. The van der Waals surface area contributed by atoms with Gasteiger partial charge in [0.25, 0.3) is 0 Å². The second-order valence-electron chi connectivity index (χ2n) is 10.7. The molecule has 0 bridgehead atoms. The van der Waals surface area contributed by atoms with Gasteiger partial charge < -0.3 is 20.3 Å². The Morgan fingerprint density at radius 1 is 1.03 bits per heavy atom. The van der Waals surface area contributed by atoms with Gasteiger partial charge in [-0.2, -0.15) is 0 Å². The Balaban J connectivity index is 3.30. The number of ether oxygens (including phenoxy) is 1. The largest absolute Gasteiger partial charge is 0.444 e. The highest BCUT2D eigenvalue weighted by molar-refractivity contribution is 5.92. The number of hydrogen-bond acceptors (Lipinski definition) is 4. The van der Waals surface area contributed by atoms with Crippen molar-refractivity contribution in [3.05, 3.63) is 34.9 Å². The monoisotopic (exact) mass is 475 g/mol. The van der Waals surface area contributed by atoms with Crippen molar-refractivity contribution in [2.75, 3.05) is 7.05 Å². The van der Waals surface area contributed by atoms with Gasteiger partial charge in [0.05, 0.1) is 0 Å². The van der Waals surface area contributed by atoms with Gasteiger partial charge in [-0.25, -0.2) is 4.79 Å². The first-order chi connectivity index (χ1) is 15.7. The summed E-state index contributed by atoms with van der Waals surface area (Å²) in [6.07, 6.45) is 1.57. The van der Waals surface area contributed by atoms with E-state index in [0.717, 1.165) is 29.5 Å². The average molecular weight is 476 g/mol. The van der Waals surface area contributed by atoms with Crippen LogP contribution in [0.2, 0.25) is 0 Å². The minimum atomic E-state index is -0.818. The van der Waals surface area contributed by atoms with Crippen LogP contribution < -0.4 is 10.6 Å². The van der Waals surface area contributed by atoms with Crippen molar-refractivity contribution in [2.45, 2.75) is 105 Å². The van der Waals surface area contributed by atoms with Gasteiger partial charge in [-0.05, 0) is 77.0 Å². The highest BCUT2D eigenvalue weighted by Gasteiger charge is 2.34. The van der Waals surface area contributed by atoms with E-state index < -0.39 is 23.8 Å². The fourth-order valence-electron chi connectivity index (χ4n) is 3.83. The van der Waals surface area contributed by atoms with Crippen LogP contribution in [0.3, 0.4) is 0 Å². The summed E-state index contributed by atoms with van der Waals surface area (Å²) in [6, 6.07) is 4.16. The number of likely N-dealkylation sites (N-methyl/N-ethyl adjacent to an activating group) is 1. The van der Waals surface area contributed by atoms with Crippen LogP contribution in [-0.4, -0.2) is 47.5 Å². The Kier molecular flexibility index (Phi) is 11.1. The Morgan fingerprint density at radius 2 is 1.65 bits per heavy atom. The summed E-state index contributed by atoms with van der Waals surface area (Å²) in [5.74, 6) is -0.419. The quantitative estimate of drug-likeness (QED) is 0.496. The fraction of sp³-hybridized carbons (Fsp3) is 0.667. The van der Waals surface area contributed by atoms with Crippen LogP contribution in [0, 0.1) is 19.8 Å². The van der Waals surface area contributed by atoms with Crippen molar-refractivity contribution < 1.29 is 19.1 Å². The lowest BCUT2D eigenvalue weighted by Crippen LogP contribution is -2.52. The maximum absolute atomic E-state index is 13.6. The molecule has 1 rings (SSSR count). The minimum Gasteiger partial charge on any atom is -0.444 e. The second-order valence-corrected chi connectivity index (χ2v) is 10.7. The van der Waals surface area contributed by atoms with E-state index in [4.69, 9.17) is 4.74 Å². The predicted octanol–water partition coefficient (Wildman–Crippen LogP) is 5.05. The van der Waals surface area contributed by atoms with Crippen molar-refractivity contribution in [3.8, 4) is 0 Å². The van der Waals surface area contributed by atoms with Crippen molar-refractivity contribution in [2.24, 2.45) is 5.92 Å². The number of hydrogen-bond donors (Lipinski definition) is 2. The van der Waals surface area contributed by atoms with Gasteiger partial charge in [0.2, 0.25) is 11.8 Å². The van der Waals surface area contributed by atoms with Crippen LogP contribution in [0.1, 0.15) is 90.5 Å². The summed E-state index contributed by atoms with van der Waals surface area (Å²) in [5, 5.41) is 5.78. The molecule has 0 aliphatic carbocycles. The molecule has 0 saturated heterocycles. The zero-order chi connectivity index (χ0) is 26.2. The van der Waals surface area contributed by atoms with Gasteiger partial charge in [0.1, 0.15) is 17.7 Å². The highest BCUT2D eigenvalue weighted by Crippen LogP contribution is 2.25. The van der Waals surface area contributed by atoms with E-state index in [0.29, 0.717) is 6.42 Å². The first-order valence-electron chi connectivity index (χ1n) is 12.3. The van der Waals surface area contributed by atoms with E-state index >= 15 is 0 Å². The van der Waals surface area contributed by atoms with Gasteiger partial charge >= 0.3 is 6.09 Å². The van der Waals surface area contributed by atoms with Crippen LogP contribution in [0.15, 0.2) is 18.2 Å². The van der Waals surface area contributed by atoms with Crippen LogP contribution in [0.25, 0.3) is 0 Å². The van der Waals surface area contributed by atoms with Crippen molar-refractivity contribution in [1.82, 2.24) is 15.5 Å². The van der Waals surface area contributed by atoms with E-state index in [9.17, 15) is 14.4 Å². The van der Waals surface area contributed by atoms with Gasteiger partial charge in [-0.1, -0.05) is 45.4 Å². The molecule has 3 atom stereocenters. The third kappa shape index (κ3) is 9.35. The smallest absolute Gasteiger partial charge is 0.408 e. The van der Waals surface area contributed by atoms with E-state index in [2.05, 4.69) is 17.6 Å². The van der Waals surface area contributed by atoms with Crippen LogP contribution >= 0.6 is 0 Å².